The van der Waals surface area contributed by atoms with E-state index in [9.17, 15) is 22.8 Å². The van der Waals surface area contributed by atoms with Crippen molar-refractivity contribution in [3.05, 3.63) is 35.4 Å². The molecule has 2 atom stereocenters. The third kappa shape index (κ3) is 4.31. The van der Waals surface area contributed by atoms with Crippen molar-refractivity contribution in [2.24, 2.45) is 0 Å². The summed E-state index contributed by atoms with van der Waals surface area (Å²) in [6.07, 6.45) is -1.36. The van der Waals surface area contributed by atoms with E-state index in [0.717, 1.165) is 43.5 Å². The molecule has 3 rings (SSSR count). The van der Waals surface area contributed by atoms with E-state index in [0.29, 0.717) is 25.2 Å². The molecule has 2 heterocycles. The Morgan fingerprint density at radius 2 is 1.80 bits per heavy atom. The van der Waals surface area contributed by atoms with Gasteiger partial charge in [0.1, 0.15) is 0 Å². The van der Waals surface area contributed by atoms with Crippen molar-refractivity contribution >= 4 is 11.8 Å². The molecule has 1 aromatic carbocycles. The van der Waals surface area contributed by atoms with Crippen molar-refractivity contribution in [1.29, 1.82) is 0 Å². The number of hydrogen-bond donors (Lipinski definition) is 2. The van der Waals surface area contributed by atoms with Gasteiger partial charge in [-0.2, -0.15) is 13.2 Å². The van der Waals surface area contributed by atoms with Gasteiger partial charge in [-0.15, -0.1) is 0 Å². The van der Waals surface area contributed by atoms with E-state index in [-0.39, 0.29) is 18.0 Å². The molecule has 2 aliphatic heterocycles. The lowest BCUT2D eigenvalue weighted by molar-refractivity contribution is -0.137. The third-order valence-electron chi connectivity index (χ3n) is 4.75. The number of benzene rings is 1. The number of carbonyl (C=O) groups excluding carboxylic acids is 2. The van der Waals surface area contributed by atoms with Gasteiger partial charge in [-0.25, -0.2) is 0 Å². The Morgan fingerprint density at radius 3 is 2.48 bits per heavy atom. The molecule has 5 nitrogen and oxygen atoms in total. The lowest BCUT2D eigenvalue weighted by Gasteiger charge is -2.24. The van der Waals surface area contributed by atoms with Crippen LogP contribution in [0.25, 0.3) is 0 Å². The smallest absolute Gasteiger partial charge is 0.343 e. The summed E-state index contributed by atoms with van der Waals surface area (Å²) >= 11 is 0. The van der Waals surface area contributed by atoms with Gasteiger partial charge in [-0.1, -0.05) is 0 Å². The zero-order valence-corrected chi connectivity index (χ0v) is 13.6. The highest BCUT2D eigenvalue weighted by molar-refractivity contribution is 5.96. The number of nitrogens with one attached hydrogen (secondary N) is 2. The van der Waals surface area contributed by atoms with Crippen molar-refractivity contribution in [2.75, 3.05) is 19.6 Å². The Balaban J connectivity index is 1.52. The van der Waals surface area contributed by atoms with Crippen molar-refractivity contribution in [3.8, 4) is 0 Å². The number of hydrogen-bond acceptors (Lipinski definition) is 3. The SMILES string of the molecule is O=C(NCC(=O)N1CCC2CCC(C1)N2)c1ccc(C(F)(F)F)cc1. The van der Waals surface area contributed by atoms with Crippen LogP contribution in [0, 0.1) is 0 Å². The number of rotatable bonds is 3. The van der Waals surface area contributed by atoms with E-state index < -0.39 is 17.6 Å². The minimum absolute atomic E-state index is 0.0948. The second-order valence-corrected chi connectivity index (χ2v) is 6.52. The standard InChI is InChI=1S/C17H20F3N3O2/c18-17(19,20)12-3-1-11(2-4-12)16(25)21-9-15(24)23-8-7-13-5-6-14(10-23)22-13/h1-4,13-14,22H,5-10H2,(H,21,25). The summed E-state index contributed by atoms with van der Waals surface area (Å²) < 4.78 is 37.6. The zero-order chi connectivity index (χ0) is 18.0. The molecule has 0 aliphatic carbocycles. The predicted molar refractivity (Wildman–Crippen MR) is 84.9 cm³/mol. The molecule has 0 radical (unpaired) electrons. The van der Waals surface area contributed by atoms with Crippen LogP contribution in [0.15, 0.2) is 24.3 Å². The van der Waals surface area contributed by atoms with Crippen LogP contribution in [-0.4, -0.2) is 48.4 Å². The van der Waals surface area contributed by atoms with Crippen LogP contribution in [0.2, 0.25) is 0 Å². The molecular weight excluding hydrogens is 335 g/mol. The van der Waals surface area contributed by atoms with Gasteiger partial charge in [0.05, 0.1) is 12.1 Å². The summed E-state index contributed by atoms with van der Waals surface area (Å²) in [6, 6.07) is 4.70. The molecule has 2 N–H and O–H groups in total. The summed E-state index contributed by atoms with van der Waals surface area (Å²) in [4.78, 5) is 26.0. The highest BCUT2D eigenvalue weighted by Gasteiger charge is 2.31. The Morgan fingerprint density at radius 1 is 1.12 bits per heavy atom. The number of amides is 2. The van der Waals surface area contributed by atoms with Gasteiger partial charge in [-0.3, -0.25) is 9.59 Å². The number of carbonyl (C=O) groups is 2. The van der Waals surface area contributed by atoms with Crippen LogP contribution in [0.5, 0.6) is 0 Å². The minimum atomic E-state index is -4.44. The van der Waals surface area contributed by atoms with Gasteiger partial charge >= 0.3 is 6.18 Å². The van der Waals surface area contributed by atoms with Crippen LogP contribution in [0.3, 0.4) is 0 Å². The highest BCUT2D eigenvalue weighted by Crippen LogP contribution is 2.29. The van der Waals surface area contributed by atoms with Crippen molar-refractivity contribution in [1.82, 2.24) is 15.5 Å². The second kappa shape index (κ2) is 7.03. The van der Waals surface area contributed by atoms with E-state index in [1.165, 1.54) is 0 Å². The number of nitrogens with zero attached hydrogens (tertiary/aromatic N) is 1. The van der Waals surface area contributed by atoms with Crippen molar-refractivity contribution in [3.63, 3.8) is 0 Å². The second-order valence-electron chi connectivity index (χ2n) is 6.52. The Hall–Kier alpha value is -2.09. The largest absolute Gasteiger partial charge is 0.416 e. The number of halogens is 3. The molecule has 2 fully saturated rings. The maximum atomic E-state index is 12.5. The Bertz CT molecular complexity index is 646. The normalized spacial score (nSPS) is 23.2. The van der Waals surface area contributed by atoms with E-state index >= 15 is 0 Å². The van der Waals surface area contributed by atoms with Crippen LogP contribution in [0.4, 0.5) is 13.2 Å². The monoisotopic (exact) mass is 355 g/mol. The molecule has 2 amide bonds. The summed E-state index contributed by atoms with van der Waals surface area (Å²) in [6.45, 7) is 1.13. The summed E-state index contributed by atoms with van der Waals surface area (Å²) in [7, 11) is 0. The van der Waals surface area contributed by atoms with Gasteiger partial charge in [0.25, 0.3) is 5.91 Å². The quantitative estimate of drug-likeness (QED) is 0.869. The lowest BCUT2D eigenvalue weighted by atomic mass is 10.1. The molecule has 0 saturated carbocycles. The average Bonchev–Trinajstić information content (AvgIpc) is 2.90. The third-order valence-corrected chi connectivity index (χ3v) is 4.75. The molecule has 0 aromatic heterocycles. The Labute approximate surface area is 143 Å². The number of likely N-dealkylation sites (tertiary alicyclic amines) is 1. The van der Waals surface area contributed by atoms with E-state index in [2.05, 4.69) is 10.6 Å². The van der Waals surface area contributed by atoms with Crippen molar-refractivity contribution < 1.29 is 22.8 Å². The predicted octanol–water partition coefficient (Wildman–Crippen LogP) is 1.79. The van der Waals surface area contributed by atoms with Crippen LogP contribution in [-0.2, 0) is 11.0 Å². The van der Waals surface area contributed by atoms with Crippen LogP contribution < -0.4 is 10.6 Å². The molecular formula is C17H20F3N3O2. The van der Waals surface area contributed by atoms with Crippen LogP contribution >= 0.6 is 0 Å². The molecule has 8 heteroatoms. The van der Waals surface area contributed by atoms with Crippen LogP contribution in [0.1, 0.15) is 35.2 Å². The molecule has 136 valence electrons. The molecule has 1 aromatic rings. The first-order valence-corrected chi connectivity index (χ1v) is 8.32. The van der Waals surface area contributed by atoms with E-state index in [1.54, 1.807) is 4.90 Å². The van der Waals surface area contributed by atoms with Gasteiger partial charge in [0.15, 0.2) is 0 Å². The van der Waals surface area contributed by atoms with Crippen molar-refractivity contribution in [2.45, 2.75) is 37.5 Å². The highest BCUT2D eigenvalue weighted by atomic mass is 19.4. The topological polar surface area (TPSA) is 61.4 Å². The van der Waals surface area contributed by atoms with E-state index in [1.807, 2.05) is 0 Å². The summed E-state index contributed by atoms with van der Waals surface area (Å²) in [5.41, 5.74) is -0.718. The first-order chi connectivity index (χ1) is 11.8. The average molecular weight is 355 g/mol. The van der Waals surface area contributed by atoms with Gasteiger partial charge in [0, 0.05) is 30.7 Å². The fourth-order valence-electron chi connectivity index (χ4n) is 3.35. The molecule has 2 aliphatic rings. The maximum Gasteiger partial charge on any atom is 0.416 e. The first-order valence-electron chi connectivity index (χ1n) is 8.32. The molecule has 25 heavy (non-hydrogen) atoms. The zero-order valence-electron chi connectivity index (χ0n) is 13.6. The van der Waals surface area contributed by atoms with Gasteiger partial charge < -0.3 is 15.5 Å². The number of alkyl halides is 3. The van der Waals surface area contributed by atoms with E-state index in [4.69, 9.17) is 0 Å². The summed E-state index contributed by atoms with van der Waals surface area (Å²) in [5.74, 6) is -0.730. The first kappa shape index (κ1) is 17.7. The summed E-state index contributed by atoms with van der Waals surface area (Å²) in [5, 5.41) is 5.96. The fourth-order valence-corrected chi connectivity index (χ4v) is 3.35. The Kier molecular flexibility index (Phi) is 4.99. The number of fused-ring (bicyclic) bond motifs is 2. The molecule has 2 unspecified atom stereocenters. The molecule has 2 saturated heterocycles. The van der Waals surface area contributed by atoms with Gasteiger partial charge in [0.2, 0.25) is 5.91 Å². The fraction of sp³-hybridized carbons (Fsp3) is 0.529. The minimum Gasteiger partial charge on any atom is -0.343 e. The molecule has 2 bridgehead atoms. The van der Waals surface area contributed by atoms with Gasteiger partial charge in [-0.05, 0) is 43.5 Å². The maximum absolute atomic E-state index is 12.5. The molecule has 0 spiro atoms. The lowest BCUT2D eigenvalue weighted by Crippen LogP contribution is -2.44.